The van der Waals surface area contributed by atoms with Gasteiger partial charge in [-0.2, -0.15) is 4.98 Å². The lowest BCUT2D eigenvalue weighted by atomic mass is 9.85. The second-order valence-electron chi connectivity index (χ2n) is 6.71. The molecule has 0 N–H and O–H groups in total. The van der Waals surface area contributed by atoms with Crippen LogP contribution in [0.4, 0.5) is 0 Å². The van der Waals surface area contributed by atoms with Crippen molar-refractivity contribution in [3.8, 4) is 5.88 Å². The first-order valence-corrected chi connectivity index (χ1v) is 7.99. The maximum atomic E-state index is 6.14. The van der Waals surface area contributed by atoms with Crippen molar-refractivity contribution in [1.82, 2.24) is 9.97 Å². The highest BCUT2D eigenvalue weighted by Gasteiger charge is 2.26. The van der Waals surface area contributed by atoms with E-state index in [0.717, 1.165) is 18.7 Å². The van der Waals surface area contributed by atoms with Crippen LogP contribution in [-0.2, 0) is 5.41 Å². The zero-order chi connectivity index (χ0) is 14.8. The molecule has 0 aliphatic heterocycles. The van der Waals surface area contributed by atoms with Crippen molar-refractivity contribution in [3.63, 3.8) is 0 Å². The Morgan fingerprint density at radius 3 is 2.60 bits per heavy atom. The molecule has 1 saturated carbocycles. The second kappa shape index (κ2) is 6.30. The molecule has 0 saturated heterocycles. The van der Waals surface area contributed by atoms with E-state index in [-0.39, 0.29) is 11.5 Å². The summed E-state index contributed by atoms with van der Waals surface area (Å²) < 4.78 is 6.14. The lowest BCUT2D eigenvalue weighted by molar-refractivity contribution is 0.0852. The van der Waals surface area contributed by atoms with Crippen LogP contribution in [0.1, 0.15) is 65.6 Å². The quantitative estimate of drug-likeness (QED) is 0.753. The van der Waals surface area contributed by atoms with Crippen molar-refractivity contribution in [2.24, 2.45) is 5.92 Å². The number of nitrogens with zero attached hydrogens (tertiary/aromatic N) is 2. The molecule has 1 aromatic heterocycles. The molecule has 112 valence electrons. The van der Waals surface area contributed by atoms with Crippen molar-refractivity contribution in [2.75, 3.05) is 0 Å². The molecule has 1 aliphatic rings. The summed E-state index contributed by atoms with van der Waals surface area (Å²) in [6.45, 7) is 8.48. The summed E-state index contributed by atoms with van der Waals surface area (Å²) in [5.74, 6) is 2.00. The molecule has 2 unspecified atom stereocenters. The van der Waals surface area contributed by atoms with Gasteiger partial charge in [0.15, 0.2) is 0 Å². The Hall–Kier alpha value is -0.830. The minimum absolute atomic E-state index is 0.125. The molecule has 1 heterocycles. The van der Waals surface area contributed by atoms with Crippen LogP contribution in [0, 0.1) is 5.92 Å². The second-order valence-corrected chi connectivity index (χ2v) is 7.10. The van der Waals surface area contributed by atoms with Crippen molar-refractivity contribution in [2.45, 2.75) is 71.3 Å². The van der Waals surface area contributed by atoms with Crippen molar-refractivity contribution in [3.05, 3.63) is 17.0 Å². The fourth-order valence-corrected chi connectivity index (χ4v) is 2.92. The zero-order valence-electron chi connectivity index (χ0n) is 12.9. The van der Waals surface area contributed by atoms with Gasteiger partial charge >= 0.3 is 0 Å². The molecule has 2 rings (SSSR count). The predicted molar refractivity (Wildman–Crippen MR) is 82.4 cm³/mol. The van der Waals surface area contributed by atoms with Crippen LogP contribution in [-0.4, -0.2) is 16.1 Å². The summed E-state index contributed by atoms with van der Waals surface area (Å²) in [6, 6.07) is 1.73. The molecule has 0 aromatic carbocycles. The predicted octanol–water partition coefficient (Wildman–Crippen LogP) is 4.78. The molecule has 0 spiro atoms. The topological polar surface area (TPSA) is 35.0 Å². The van der Waals surface area contributed by atoms with Crippen LogP contribution in [0.5, 0.6) is 5.88 Å². The van der Waals surface area contributed by atoms with Gasteiger partial charge in [-0.1, -0.05) is 45.7 Å². The highest BCUT2D eigenvalue weighted by atomic mass is 35.5. The molecule has 1 aromatic rings. The van der Waals surface area contributed by atoms with Gasteiger partial charge < -0.3 is 4.74 Å². The van der Waals surface area contributed by atoms with Gasteiger partial charge in [-0.3, -0.25) is 0 Å². The molecular weight excluding hydrogens is 272 g/mol. The molecule has 0 radical (unpaired) electrons. The summed E-state index contributed by atoms with van der Waals surface area (Å²) in [6.07, 6.45) is 6.36. The number of hydrogen-bond acceptors (Lipinski definition) is 3. The third kappa shape index (κ3) is 3.85. The third-order valence-corrected chi connectivity index (χ3v) is 4.17. The highest BCUT2D eigenvalue weighted by Crippen LogP contribution is 2.31. The van der Waals surface area contributed by atoms with E-state index >= 15 is 0 Å². The minimum atomic E-state index is -0.125. The fourth-order valence-electron chi connectivity index (χ4n) is 2.74. The van der Waals surface area contributed by atoms with Gasteiger partial charge in [-0.05, 0) is 31.6 Å². The van der Waals surface area contributed by atoms with Gasteiger partial charge in [0.1, 0.15) is 17.1 Å². The van der Waals surface area contributed by atoms with Crippen LogP contribution < -0.4 is 4.74 Å². The van der Waals surface area contributed by atoms with E-state index in [1.165, 1.54) is 19.3 Å². The van der Waals surface area contributed by atoms with Gasteiger partial charge in [-0.15, -0.1) is 0 Å². The lowest BCUT2D eigenvalue weighted by Gasteiger charge is -2.31. The maximum absolute atomic E-state index is 6.14. The largest absolute Gasteiger partial charge is 0.474 e. The SMILES string of the molecule is CCC1CCCCC1Oc1cc(Cl)nc(C(C)(C)C)n1. The van der Waals surface area contributed by atoms with Gasteiger partial charge in [0.25, 0.3) is 0 Å². The normalized spacial score (nSPS) is 23.6. The van der Waals surface area contributed by atoms with Crippen molar-refractivity contribution in [1.29, 1.82) is 0 Å². The summed E-state index contributed by atoms with van der Waals surface area (Å²) in [7, 11) is 0. The van der Waals surface area contributed by atoms with Gasteiger partial charge in [0.2, 0.25) is 5.88 Å². The number of ether oxygens (including phenoxy) is 1. The van der Waals surface area contributed by atoms with E-state index in [0.29, 0.717) is 17.0 Å². The van der Waals surface area contributed by atoms with Gasteiger partial charge in [0.05, 0.1) is 0 Å². The molecule has 2 atom stereocenters. The van der Waals surface area contributed by atoms with E-state index in [1.807, 2.05) is 0 Å². The molecule has 20 heavy (non-hydrogen) atoms. The average molecular weight is 297 g/mol. The third-order valence-electron chi connectivity index (χ3n) is 3.98. The Kier molecular flexibility index (Phi) is 4.90. The molecular formula is C16H25ClN2O. The Labute approximate surface area is 127 Å². The zero-order valence-corrected chi connectivity index (χ0v) is 13.7. The van der Waals surface area contributed by atoms with E-state index in [1.54, 1.807) is 6.07 Å². The van der Waals surface area contributed by atoms with Gasteiger partial charge in [0, 0.05) is 11.5 Å². The monoisotopic (exact) mass is 296 g/mol. The van der Waals surface area contributed by atoms with E-state index in [2.05, 4.69) is 37.7 Å². The molecule has 0 bridgehead atoms. The highest BCUT2D eigenvalue weighted by molar-refractivity contribution is 6.29. The van der Waals surface area contributed by atoms with Crippen LogP contribution in [0.3, 0.4) is 0 Å². The van der Waals surface area contributed by atoms with E-state index in [4.69, 9.17) is 16.3 Å². The van der Waals surface area contributed by atoms with Gasteiger partial charge in [-0.25, -0.2) is 4.98 Å². The van der Waals surface area contributed by atoms with Crippen molar-refractivity contribution < 1.29 is 4.74 Å². The number of hydrogen-bond donors (Lipinski definition) is 0. The smallest absolute Gasteiger partial charge is 0.218 e. The summed E-state index contributed by atoms with van der Waals surface area (Å²) in [4.78, 5) is 8.86. The van der Waals surface area contributed by atoms with Crippen LogP contribution in [0.2, 0.25) is 5.15 Å². The number of halogens is 1. The standard InChI is InChI=1S/C16H25ClN2O/c1-5-11-8-6-7-9-12(11)20-14-10-13(17)18-15(19-14)16(2,3)4/h10-12H,5-9H2,1-4H3. The Morgan fingerprint density at radius 2 is 1.95 bits per heavy atom. The Morgan fingerprint density at radius 1 is 1.25 bits per heavy atom. The molecule has 3 nitrogen and oxygen atoms in total. The molecule has 4 heteroatoms. The molecule has 1 fully saturated rings. The fraction of sp³-hybridized carbons (Fsp3) is 0.750. The van der Waals surface area contributed by atoms with E-state index < -0.39 is 0 Å². The summed E-state index contributed by atoms with van der Waals surface area (Å²) in [5.41, 5.74) is -0.125. The number of rotatable bonds is 3. The Balaban J connectivity index is 2.18. The first-order chi connectivity index (χ1) is 9.40. The summed E-state index contributed by atoms with van der Waals surface area (Å²) >= 11 is 6.11. The minimum Gasteiger partial charge on any atom is -0.474 e. The van der Waals surface area contributed by atoms with Crippen LogP contribution in [0.15, 0.2) is 6.07 Å². The number of aromatic nitrogens is 2. The average Bonchev–Trinajstić information content (AvgIpc) is 2.37. The maximum Gasteiger partial charge on any atom is 0.218 e. The Bertz CT molecular complexity index is 456. The van der Waals surface area contributed by atoms with Crippen LogP contribution >= 0.6 is 11.6 Å². The van der Waals surface area contributed by atoms with Crippen molar-refractivity contribution >= 4 is 11.6 Å². The molecule has 0 amide bonds. The van der Waals surface area contributed by atoms with E-state index in [9.17, 15) is 0 Å². The van der Waals surface area contributed by atoms with Crippen LogP contribution in [0.25, 0.3) is 0 Å². The summed E-state index contributed by atoms with van der Waals surface area (Å²) in [5, 5.41) is 0.462. The lowest BCUT2D eigenvalue weighted by Crippen LogP contribution is -2.30. The molecule has 1 aliphatic carbocycles. The first kappa shape index (κ1) is 15.6. The first-order valence-electron chi connectivity index (χ1n) is 7.62.